The summed E-state index contributed by atoms with van der Waals surface area (Å²) in [6.07, 6.45) is 0. The number of aliphatic hydroxyl groups is 2. The standard InChI is InChI=1S/C18H10O8/c19-9-1-5-6-2-10(20)12(22)4-8(6)14-13(7(5)3-11(9)21)15(23)17(25)18(26)16(14)24/h1-4,19-22,25-26H. The predicted molar refractivity (Wildman–Crippen MR) is 89.1 cm³/mol. The van der Waals surface area contributed by atoms with Crippen molar-refractivity contribution in [2.24, 2.45) is 0 Å². The van der Waals surface area contributed by atoms with Gasteiger partial charge in [0.1, 0.15) is 0 Å². The highest BCUT2D eigenvalue weighted by Crippen LogP contribution is 2.44. The molecule has 0 bridgehead atoms. The smallest absolute Gasteiger partial charge is 0.232 e. The van der Waals surface area contributed by atoms with E-state index in [1.807, 2.05) is 0 Å². The molecule has 8 heteroatoms. The molecule has 26 heavy (non-hydrogen) atoms. The van der Waals surface area contributed by atoms with Crippen molar-refractivity contribution in [1.82, 2.24) is 0 Å². The third kappa shape index (κ3) is 1.78. The summed E-state index contributed by atoms with van der Waals surface area (Å²) in [5.74, 6) is -6.55. The van der Waals surface area contributed by atoms with Crippen molar-refractivity contribution in [2.45, 2.75) is 0 Å². The first-order valence-electron chi connectivity index (χ1n) is 7.31. The number of aliphatic hydroxyl groups excluding tert-OH is 2. The van der Waals surface area contributed by atoms with Crippen molar-refractivity contribution in [1.29, 1.82) is 0 Å². The summed E-state index contributed by atoms with van der Waals surface area (Å²) in [4.78, 5) is 25.0. The molecule has 0 heterocycles. The molecule has 0 spiro atoms. The van der Waals surface area contributed by atoms with E-state index in [0.29, 0.717) is 0 Å². The number of benzene rings is 3. The van der Waals surface area contributed by atoms with Gasteiger partial charge in [-0.25, -0.2) is 0 Å². The largest absolute Gasteiger partial charge is 0.504 e. The maximum absolute atomic E-state index is 12.5. The fraction of sp³-hybridized carbons (Fsp3) is 0. The normalized spacial score (nSPS) is 14.3. The SMILES string of the molecule is O=C1C(O)=C(O)C(=O)c2c1c1cc(O)c(O)cc1c1cc(O)c(O)cc21. The number of fused-ring (bicyclic) bond motifs is 6. The highest BCUT2D eigenvalue weighted by molar-refractivity contribution is 6.35. The molecule has 0 unspecified atom stereocenters. The topological polar surface area (TPSA) is 156 Å². The average molecular weight is 354 g/mol. The minimum atomic E-state index is -1.14. The van der Waals surface area contributed by atoms with Gasteiger partial charge in [-0.2, -0.15) is 0 Å². The summed E-state index contributed by atoms with van der Waals surface area (Å²) in [5.41, 5.74) is -0.596. The number of rotatable bonds is 0. The molecule has 3 aromatic carbocycles. The number of Topliss-reactive ketones (excluding diaryl/α,β-unsaturated/α-hetero) is 2. The summed E-state index contributed by atoms with van der Waals surface area (Å²) < 4.78 is 0. The maximum atomic E-state index is 12.5. The molecule has 0 saturated carbocycles. The molecule has 0 atom stereocenters. The zero-order valence-electron chi connectivity index (χ0n) is 12.8. The van der Waals surface area contributed by atoms with Gasteiger partial charge in [-0.05, 0) is 45.8 Å². The van der Waals surface area contributed by atoms with Gasteiger partial charge in [-0.15, -0.1) is 0 Å². The fourth-order valence-corrected chi connectivity index (χ4v) is 3.21. The van der Waals surface area contributed by atoms with Gasteiger partial charge in [0.15, 0.2) is 23.0 Å². The van der Waals surface area contributed by atoms with Gasteiger partial charge in [-0.3, -0.25) is 9.59 Å². The molecule has 0 aliphatic heterocycles. The van der Waals surface area contributed by atoms with Crippen LogP contribution in [0.1, 0.15) is 20.7 Å². The monoisotopic (exact) mass is 354 g/mol. The second kappa shape index (κ2) is 4.79. The zero-order valence-corrected chi connectivity index (χ0v) is 12.8. The molecular weight excluding hydrogens is 344 g/mol. The second-order valence-corrected chi connectivity index (χ2v) is 5.88. The Morgan fingerprint density at radius 1 is 0.462 bits per heavy atom. The van der Waals surface area contributed by atoms with Crippen LogP contribution < -0.4 is 0 Å². The van der Waals surface area contributed by atoms with Crippen LogP contribution in [0.3, 0.4) is 0 Å². The molecule has 130 valence electrons. The molecule has 0 fully saturated rings. The number of phenols is 4. The lowest BCUT2D eigenvalue weighted by atomic mass is 9.83. The Morgan fingerprint density at radius 2 is 0.731 bits per heavy atom. The molecular formula is C18H10O8. The van der Waals surface area contributed by atoms with Crippen molar-refractivity contribution in [2.75, 3.05) is 0 Å². The first-order chi connectivity index (χ1) is 12.2. The Hall–Kier alpha value is -3.94. The fourth-order valence-electron chi connectivity index (χ4n) is 3.21. The molecule has 4 rings (SSSR count). The molecule has 3 aromatic rings. The number of carbonyl (C=O) groups is 2. The third-order valence-electron chi connectivity index (χ3n) is 4.42. The van der Waals surface area contributed by atoms with Crippen LogP contribution in [0, 0.1) is 0 Å². The van der Waals surface area contributed by atoms with E-state index in [0.717, 1.165) is 24.3 Å². The lowest BCUT2D eigenvalue weighted by Gasteiger charge is -2.20. The molecule has 0 radical (unpaired) electrons. The first-order valence-corrected chi connectivity index (χ1v) is 7.31. The molecule has 1 aliphatic carbocycles. The van der Waals surface area contributed by atoms with E-state index in [9.17, 15) is 40.2 Å². The van der Waals surface area contributed by atoms with E-state index in [1.54, 1.807) is 0 Å². The van der Waals surface area contributed by atoms with Crippen LogP contribution in [0.15, 0.2) is 35.8 Å². The van der Waals surface area contributed by atoms with Gasteiger partial charge in [0.2, 0.25) is 23.1 Å². The van der Waals surface area contributed by atoms with Crippen molar-refractivity contribution in [3.8, 4) is 23.0 Å². The average Bonchev–Trinajstić information content (AvgIpc) is 2.60. The number of carbonyl (C=O) groups excluding carboxylic acids is 2. The summed E-state index contributed by atoms with van der Waals surface area (Å²) in [5, 5.41) is 59.2. The van der Waals surface area contributed by atoms with Crippen LogP contribution in [0.25, 0.3) is 21.5 Å². The van der Waals surface area contributed by atoms with Crippen molar-refractivity contribution in [3.63, 3.8) is 0 Å². The predicted octanol–water partition coefficient (Wildman–Crippen LogP) is 2.52. The lowest BCUT2D eigenvalue weighted by molar-refractivity contribution is 0.0883. The van der Waals surface area contributed by atoms with Crippen LogP contribution in [0.2, 0.25) is 0 Å². The summed E-state index contributed by atoms with van der Waals surface area (Å²) in [7, 11) is 0. The number of hydrogen-bond donors (Lipinski definition) is 6. The number of hydrogen-bond acceptors (Lipinski definition) is 8. The molecule has 1 aliphatic rings. The van der Waals surface area contributed by atoms with E-state index in [4.69, 9.17) is 0 Å². The molecule has 8 nitrogen and oxygen atoms in total. The lowest BCUT2D eigenvalue weighted by Crippen LogP contribution is -2.22. The third-order valence-corrected chi connectivity index (χ3v) is 4.42. The number of allylic oxidation sites excluding steroid dienone is 2. The summed E-state index contributed by atoms with van der Waals surface area (Å²) in [6, 6.07) is 4.31. The molecule has 6 N–H and O–H groups in total. The van der Waals surface area contributed by atoms with E-state index < -0.39 is 46.1 Å². The van der Waals surface area contributed by atoms with Crippen LogP contribution in [-0.2, 0) is 0 Å². The van der Waals surface area contributed by atoms with Gasteiger partial charge in [-0.1, -0.05) is 0 Å². The minimum absolute atomic E-state index is 0.0188. The second-order valence-electron chi connectivity index (χ2n) is 5.88. The quantitative estimate of drug-likeness (QED) is 0.266. The Bertz CT molecular complexity index is 1120. The first kappa shape index (κ1) is 15.6. The summed E-state index contributed by atoms with van der Waals surface area (Å²) in [6.45, 7) is 0. The van der Waals surface area contributed by atoms with Gasteiger partial charge >= 0.3 is 0 Å². The number of aromatic hydroxyl groups is 4. The minimum Gasteiger partial charge on any atom is -0.504 e. The Labute approximate surface area is 144 Å². The molecule has 0 saturated heterocycles. The number of ketones is 2. The van der Waals surface area contributed by atoms with Crippen molar-refractivity contribution in [3.05, 3.63) is 46.9 Å². The molecule has 0 amide bonds. The highest BCUT2D eigenvalue weighted by Gasteiger charge is 2.36. The molecule has 0 aromatic heterocycles. The highest BCUT2D eigenvalue weighted by atomic mass is 16.3. The van der Waals surface area contributed by atoms with E-state index in [-0.39, 0.29) is 32.7 Å². The van der Waals surface area contributed by atoms with Gasteiger partial charge in [0.25, 0.3) is 0 Å². The Morgan fingerprint density at radius 3 is 1.04 bits per heavy atom. The van der Waals surface area contributed by atoms with Crippen molar-refractivity contribution < 1.29 is 40.2 Å². The zero-order chi connectivity index (χ0) is 18.9. The van der Waals surface area contributed by atoms with Crippen LogP contribution in [-0.4, -0.2) is 42.2 Å². The van der Waals surface area contributed by atoms with Crippen LogP contribution >= 0.6 is 0 Å². The van der Waals surface area contributed by atoms with Gasteiger partial charge < -0.3 is 30.6 Å². The Balaban J connectivity index is 2.36. The van der Waals surface area contributed by atoms with Crippen molar-refractivity contribution >= 4 is 33.1 Å². The van der Waals surface area contributed by atoms with E-state index in [2.05, 4.69) is 0 Å². The van der Waals surface area contributed by atoms with Gasteiger partial charge in [0, 0.05) is 11.1 Å². The van der Waals surface area contributed by atoms with Crippen LogP contribution in [0.4, 0.5) is 0 Å². The number of phenolic OH excluding ortho intramolecular Hbond substituents is 4. The van der Waals surface area contributed by atoms with Gasteiger partial charge in [0.05, 0.1) is 0 Å². The summed E-state index contributed by atoms with van der Waals surface area (Å²) >= 11 is 0. The van der Waals surface area contributed by atoms with Crippen LogP contribution in [0.5, 0.6) is 23.0 Å². The van der Waals surface area contributed by atoms with E-state index >= 15 is 0 Å². The maximum Gasteiger partial charge on any atom is 0.232 e. The Kier molecular flexibility index (Phi) is 2.87. The van der Waals surface area contributed by atoms with E-state index in [1.165, 1.54) is 0 Å².